The number of likely N-dealkylation sites (tertiary alicyclic amines) is 1. The van der Waals surface area contributed by atoms with Gasteiger partial charge >= 0.3 is 0 Å². The van der Waals surface area contributed by atoms with Crippen LogP contribution in [0.4, 0.5) is 0 Å². The van der Waals surface area contributed by atoms with E-state index in [2.05, 4.69) is 11.9 Å². The zero-order chi connectivity index (χ0) is 12.3. The molecule has 1 aliphatic rings. The van der Waals surface area contributed by atoms with Crippen LogP contribution in [0.2, 0.25) is 0 Å². The summed E-state index contributed by atoms with van der Waals surface area (Å²) in [7, 11) is 0. The van der Waals surface area contributed by atoms with Crippen LogP contribution in [0.1, 0.15) is 43.1 Å². The van der Waals surface area contributed by atoms with E-state index in [1.165, 1.54) is 12.5 Å². The standard InChI is InChI=1S/C13H18N2O2/c1-2-10-6-3-4-9-15(10)13(17)11-7-5-8-12(16)14-11/h5,7-8,10H,2-4,6,9H2,1H3,(H,14,16). The van der Waals surface area contributed by atoms with Gasteiger partial charge in [-0.05, 0) is 31.7 Å². The third-order valence-corrected chi connectivity index (χ3v) is 3.36. The Kier molecular flexibility index (Phi) is 3.61. The first-order valence-corrected chi connectivity index (χ1v) is 6.22. The lowest BCUT2D eigenvalue weighted by atomic mass is 9.99. The first-order chi connectivity index (χ1) is 8.22. The lowest BCUT2D eigenvalue weighted by Crippen LogP contribution is -2.44. The minimum absolute atomic E-state index is 0.0470. The van der Waals surface area contributed by atoms with Crippen LogP contribution in [0.3, 0.4) is 0 Å². The number of carbonyl (C=O) groups excluding carboxylic acids is 1. The van der Waals surface area contributed by atoms with E-state index in [-0.39, 0.29) is 11.5 Å². The number of carbonyl (C=O) groups is 1. The van der Waals surface area contributed by atoms with E-state index >= 15 is 0 Å². The Balaban J connectivity index is 2.21. The third-order valence-electron chi connectivity index (χ3n) is 3.36. The highest BCUT2D eigenvalue weighted by Crippen LogP contribution is 2.20. The second-order valence-electron chi connectivity index (χ2n) is 4.49. The molecule has 4 heteroatoms. The van der Waals surface area contributed by atoms with Crippen molar-refractivity contribution in [1.29, 1.82) is 0 Å². The number of H-pyrrole nitrogens is 1. The Morgan fingerprint density at radius 2 is 2.29 bits per heavy atom. The molecule has 0 radical (unpaired) electrons. The maximum absolute atomic E-state index is 12.3. The molecule has 1 N–H and O–H groups in total. The molecule has 0 saturated carbocycles. The molecule has 0 bridgehead atoms. The number of nitrogens with zero attached hydrogens (tertiary/aromatic N) is 1. The zero-order valence-corrected chi connectivity index (χ0v) is 10.1. The number of aromatic amines is 1. The molecule has 0 spiro atoms. The molecular weight excluding hydrogens is 216 g/mol. The lowest BCUT2D eigenvalue weighted by molar-refractivity contribution is 0.0601. The molecule has 1 atom stereocenters. The van der Waals surface area contributed by atoms with Crippen LogP contribution in [0.15, 0.2) is 23.0 Å². The molecule has 1 fully saturated rings. The minimum Gasteiger partial charge on any atom is -0.334 e. The van der Waals surface area contributed by atoms with E-state index in [0.717, 1.165) is 25.8 Å². The van der Waals surface area contributed by atoms with Crippen molar-refractivity contribution in [2.24, 2.45) is 0 Å². The molecule has 1 unspecified atom stereocenters. The normalized spacial score (nSPS) is 20.3. The van der Waals surface area contributed by atoms with Crippen LogP contribution in [0.5, 0.6) is 0 Å². The Morgan fingerprint density at radius 1 is 1.47 bits per heavy atom. The topological polar surface area (TPSA) is 53.2 Å². The summed E-state index contributed by atoms with van der Waals surface area (Å²) in [5.74, 6) is -0.0470. The summed E-state index contributed by atoms with van der Waals surface area (Å²) < 4.78 is 0. The molecule has 92 valence electrons. The van der Waals surface area contributed by atoms with Gasteiger partial charge in [0.2, 0.25) is 5.56 Å². The summed E-state index contributed by atoms with van der Waals surface area (Å²) >= 11 is 0. The third kappa shape index (κ3) is 2.57. The molecule has 2 heterocycles. The first kappa shape index (κ1) is 11.9. The van der Waals surface area contributed by atoms with E-state index < -0.39 is 0 Å². The number of amides is 1. The molecule has 17 heavy (non-hydrogen) atoms. The molecular formula is C13H18N2O2. The van der Waals surface area contributed by atoms with Gasteiger partial charge in [0, 0.05) is 18.7 Å². The number of aromatic nitrogens is 1. The summed E-state index contributed by atoms with van der Waals surface area (Å²) in [6.45, 7) is 2.90. The molecule has 1 aromatic rings. The van der Waals surface area contributed by atoms with Crippen molar-refractivity contribution >= 4 is 5.91 Å². The van der Waals surface area contributed by atoms with Crippen molar-refractivity contribution in [3.63, 3.8) is 0 Å². The maximum Gasteiger partial charge on any atom is 0.270 e. The van der Waals surface area contributed by atoms with Crippen LogP contribution < -0.4 is 5.56 Å². The molecule has 2 rings (SSSR count). The molecule has 0 aliphatic carbocycles. The number of rotatable bonds is 2. The average Bonchev–Trinajstić information content (AvgIpc) is 2.38. The van der Waals surface area contributed by atoms with Crippen LogP contribution in [0.25, 0.3) is 0 Å². The van der Waals surface area contributed by atoms with E-state index in [1.807, 2.05) is 4.90 Å². The monoisotopic (exact) mass is 234 g/mol. The van der Waals surface area contributed by atoms with Crippen molar-refractivity contribution in [3.8, 4) is 0 Å². The predicted octanol–water partition coefficient (Wildman–Crippen LogP) is 1.78. The largest absolute Gasteiger partial charge is 0.334 e. The first-order valence-electron chi connectivity index (χ1n) is 6.22. The van der Waals surface area contributed by atoms with Crippen molar-refractivity contribution in [2.75, 3.05) is 6.54 Å². The van der Waals surface area contributed by atoms with Gasteiger partial charge in [0.15, 0.2) is 0 Å². The van der Waals surface area contributed by atoms with Gasteiger partial charge in [-0.3, -0.25) is 9.59 Å². The van der Waals surface area contributed by atoms with E-state index in [4.69, 9.17) is 0 Å². The highest BCUT2D eigenvalue weighted by molar-refractivity contribution is 5.92. The fourth-order valence-electron chi connectivity index (χ4n) is 2.42. The van der Waals surface area contributed by atoms with Gasteiger partial charge in [0.1, 0.15) is 5.69 Å². The highest BCUT2D eigenvalue weighted by atomic mass is 16.2. The molecule has 1 saturated heterocycles. The van der Waals surface area contributed by atoms with Crippen molar-refractivity contribution in [1.82, 2.24) is 9.88 Å². The fraction of sp³-hybridized carbons (Fsp3) is 0.538. The van der Waals surface area contributed by atoms with Gasteiger partial charge in [0.05, 0.1) is 0 Å². The SMILES string of the molecule is CCC1CCCCN1C(=O)c1cccc(=O)[nH]1. The maximum atomic E-state index is 12.3. The Morgan fingerprint density at radius 3 is 3.00 bits per heavy atom. The van der Waals surface area contributed by atoms with Crippen molar-refractivity contribution in [2.45, 2.75) is 38.6 Å². The van der Waals surface area contributed by atoms with E-state index in [0.29, 0.717) is 11.7 Å². The summed E-state index contributed by atoms with van der Waals surface area (Å²) in [6, 6.07) is 5.03. The van der Waals surface area contributed by atoms with E-state index in [9.17, 15) is 9.59 Å². The summed E-state index contributed by atoms with van der Waals surface area (Å²) in [4.78, 5) is 28.0. The van der Waals surface area contributed by atoms with E-state index in [1.54, 1.807) is 12.1 Å². The van der Waals surface area contributed by atoms with Gasteiger partial charge < -0.3 is 9.88 Å². The second-order valence-corrected chi connectivity index (χ2v) is 4.49. The number of hydrogen-bond donors (Lipinski definition) is 1. The fourth-order valence-corrected chi connectivity index (χ4v) is 2.42. The number of pyridine rings is 1. The van der Waals surface area contributed by atoms with Crippen LogP contribution in [-0.2, 0) is 0 Å². The summed E-state index contributed by atoms with van der Waals surface area (Å²) in [5.41, 5.74) is 0.179. The summed E-state index contributed by atoms with van der Waals surface area (Å²) in [6.07, 6.45) is 4.29. The highest BCUT2D eigenvalue weighted by Gasteiger charge is 2.26. The van der Waals surface area contributed by atoms with Gasteiger partial charge in [0.25, 0.3) is 5.91 Å². The van der Waals surface area contributed by atoms with Crippen molar-refractivity contribution in [3.05, 3.63) is 34.2 Å². The van der Waals surface area contributed by atoms with Gasteiger partial charge in [-0.25, -0.2) is 0 Å². The number of hydrogen-bond acceptors (Lipinski definition) is 2. The predicted molar refractivity (Wildman–Crippen MR) is 66.0 cm³/mol. The van der Waals surface area contributed by atoms with Gasteiger partial charge in [-0.1, -0.05) is 13.0 Å². The Labute approximate surface area is 101 Å². The molecule has 1 aromatic heterocycles. The smallest absolute Gasteiger partial charge is 0.270 e. The Hall–Kier alpha value is -1.58. The molecule has 4 nitrogen and oxygen atoms in total. The lowest BCUT2D eigenvalue weighted by Gasteiger charge is -2.35. The quantitative estimate of drug-likeness (QED) is 0.848. The van der Waals surface area contributed by atoms with Crippen LogP contribution in [-0.4, -0.2) is 28.4 Å². The average molecular weight is 234 g/mol. The van der Waals surface area contributed by atoms with Crippen LogP contribution >= 0.6 is 0 Å². The number of piperidine rings is 1. The molecule has 1 aliphatic heterocycles. The van der Waals surface area contributed by atoms with Crippen molar-refractivity contribution < 1.29 is 4.79 Å². The second kappa shape index (κ2) is 5.17. The van der Waals surface area contributed by atoms with Gasteiger partial charge in [-0.15, -0.1) is 0 Å². The minimum atomic E-state index is -0.221. The van der Waals surface area contributed by atoms with Crippen LogP contribution in [0, 0.1) is 0 Å². The zero-order valence-electron chi connectivity index (χ0n) is 10.1. The van der Waals surface area contributed by atoms with Gasteiger partial charge in [-0.2, -0.15) is 0 Å². The Bertz CT molecular complexity index is 453. The number of nitrogens with one attached hydrogen (secondary N) is 1. The summed E-state index contributed by atoms with van der Waals surface area (Å²) in [5, 5.41) is 0. The molecule has 1 amide bonds. The molecule has 0 aromatic carbocycles.